The predicted molar refractivity (Wildman–Crippen MR) is 79.7 cm³/mol. The Hall–Kier alpha value is -1.69. The lowest BCUT2D eigenvalue weighted by Crippen LogP contribution is -2.64. The fourth-order valence-electron chi connectivity index (χ4n) is 3.42. The molecule has 2 aliphatic heterocycles. The second-order valence-electron chi connectivity index (χ2n) is 6.34. The van der Waals surface area contributed by atoms with Gasteiger partial charge in [-0.15, -0.1) is 0 Å². The van der Waals surface area contributed by atoms with Crippen molar-refractivity contribution in [1.82, 2.24) is 15.1 Å². The van der Waals surface area contributed by atoms with Crippen molar-refractivity contribution in [2.24, 2.45) is 11.8 Å². The molecule has 1 aromatic rings. The van der Waals surface area contributed by atoms with Crippen molar-refractivity contribution < 1.29 is 13.6 Å². The predicted octanol–water partition coefficient (Wildman–Crippen LogP) is 2.02. The Balaban J connectivity index is 1.61. The molecule has 1 aromatic carbocycles. The zero-order chi connectivity index (χ0) is 15.7. The van der Waals surface area contributed by atoms with Crippen molar-refractivity contribution in [3.8, 4) is 0 Å². The normalized spacial score (nSPS) is 27.5. The van der Waals surface area contributed by atoms with Crippen LogP contribution >= 0.6 is 0 Å². The minimum absolute atomic E-state index is 0.120. The molecule has 120 valence electrons. The molecule has 0 spiro atoms. The van der Waals surface area contributed by atoms with Gasteiger partial charge in [-0.3, -0.25) is 0 Å². The van der Waals surface area contributed by atoms with Gasteiger partial charge in [-0.2, -0.15) is 0 Å². The largest absolute Gasteiger partial charge is 0.334 e. The van der Waals surface area contributed by atoms with E-state index in [1.165, 1.54) is 0 Å². The molecule has 2 amide bonds. The molecule has 22 heavy (non-hydrogen) atoms. The maximum absolute atomic E-state index is 14.2. The summed E-state index contributed by atoms with van der Waals surface area (Å²) in [6.07, 6.45) is 0. The molecule has 4 nitrogen and oxygen atoms in total. The van der Waals surface area contributed by atoms with Crippen LogP contribution in [-0.4, -0.2) is 55.0 Å². The summed E-state index contributed by atoms with van der Waals surface area (Å²) >= 11 is 0. The van der Waals surface area contributed by atoms with Crippen LogP contribution < -0.4 is 5.32 Å². The molecule has 2 saturated heterocycles. The Morgan fingerprint density at radius 1 is 1.18 bits per heavy atom. The van der Waals surface area contributed by atoms with Crippen LogP contribution in [0.3, 0.4) is 0 Å². The minimum atomic E-state index is -2.66. The van der Waals surface area contributed by atoms with Crippen LogP contribution in [0, 0.1) is 11.8 Å². The van der Waals surface area contributed by atoms with Crippen LogP contribution in [-0.2, 0) is 6.54 Å². The number of alkyl halides is 2. The van der Waals surface area contributed by atoms with Crippen LogP contribution in [0.4, 0.5) is 13.6 Å². The van der Waals surface area contributed by atoms with E-state index in [2.05, 4.69) is 5.32 Å². The highest BCUT2D eigenvalue weighted by Crippen LogP contribution is 2.41. The zero-order valence-corrected chi connectivity index (χ0v) is 12.6. The molecule has 0 aliphatic carbocycles. The van der Waals surface area contributed by atoms with E-state index in [-0.39, 0.29) is 19.1 Å². The van der Waals surface area contributed by atoms with Crippen molar-refractivity contribution in [2.75, 3.05) is 33.2 Å². The number of nitrogens with one attached hydrogen (secondary N) is 1. The smallest absolute Gasteiger partial charge is 0.317 e. The van der Waals surface area contributed by atoms with Gasteiger partial charge < -0.3 is 15.1 Å². The molecule has 2 aliphatic rings. The fraction of sp³-hybridized carbons (Fsp3) is 0.562. The number of rotatable bonds is 2. The van der Waals surface area contributed by atoms with Crippen LogP contribution in [0.2, 0.25) is 0 Å². The van der Waals surface area contributed by atoms with Gasteiger partial charge in [0.1, 0.15) is 0 Å². The monoisotopic (exact) mass is 309 g/mol. The van der Waals surface area contributed by atoms with Crippen LogP contribution in [0.1, 0.15) is 5.56 Å². The summed E-state index contributed by atoms with van der Waals surface area (Å²) in [6, 6.07) is 9.32. The molecule has 2 fully saturated rings. The first-order valence-corrected chi connectivity index (χ1v) is 7.60. The molecule has 3 rings (SSSR count). The molecular weight excluding hydrogens is 288 g/mol. The van der Waals surface area contributed by atoms with Gasteiger partial charge in [0.2, 0.25) is 0 Å². The van der Waals surface area contributed by atoms with Gasteiger partial charge in [-0.05, 0) is 12.6 Å². The Morgan fingerprint density at radius 2 is 1.77 bits per heavy atom. The van der Waals surface area contributed by atoms with Crippen molar-refractivity contribution in [1.29, 1.82) is 0 Å². The molecule has 0 saturated carbocycles. The van der Waals surface area contributed by atoms with Crippen molar-refractivity contribution in [3.63, 3.8) is 0 Å². The third-order valence-electron chi connectivity index (χ3n) is 4.61. The zero-order valence-electron chi connectivity index (χ0n) is 12.6. The minimum Gasteiger partial charge on any atom is -0.334 e. The molecular formula is C16H21F2N3O. The Kier molecular flexibility index (Phi) is 4.04. The summed E-state index contributed by atoms with van der Waals surface area (Å²) in [5, 5.41) is 2.83. The van der Waals surface area contributed by atoms with Crippen molar-refractivity contribution in [2.45, 2.75) is 12.5 Å². The van der Waals surface area contributed by atoms with E-state index in [0.29, 0.717) is 19.6 Å². The van der Waals surface area contributed by atoms with E-state index < -0.39 is 17.8 Å². The highest BCUT2D eigenvalue weighted by atomic mass is 19.3. The number of fused-ring (bicyclic) bond motifs is 2. The fourth-order valence-corrected chi connectivity index (χ4v) is 3.42. The molecule has 1 N–H and O–H groups in total. The average Bonchev–Trinajstić information content (AvgIpc) is 2.47. The van der Waals surface area contributed by atoms with E-state index in [9.17, 15) is 13.6 Å². The lowest BCUT2D eigenvalue weighted by molar-refractivity contribution is -0.176. The number of piperidine rings is 2. The molecule has 2 bridgehead atoms. The molecule has 2 heterocycles. The molecule has 2 atom stereocenters. The molecule has 6 heteroatoms. The number of carbonyl (C=O) groups excluding carboxylic acids is 1. The first-order valence-electron chi connectivity index (χ1n) is 7.60. The molecule has 2 unspecified atom stereocenters. The van der Waals surface area contributed by atoms with Crippen LogP contribution in [0.5, 0.6) is 0 Å². The standard InChI is InChI=1S/C16H21F2N3O/c1-20-8-13-10-21(11-14(9-20)16(13,17)18)15(22)19-7-12-5-3-2-4-6-12/h2-6,13-14H,7-11H2,1H3,(H,19,22). The molecule has 0 aromatic heterocycles. The van der Waals surface area contributed by atoms with Crippen LogP contribution in [0.15, 0.2) is 30.3 Å². The number of urea groups is 1. The number of benzene rings is 1. The van der Waals surface area contributed by atoms with Crippen molar-refractivity contribution in [3.05, 3.63) is 35.9 Å². The lowest BCUT2D eigenvalue weighted by Gasteiger charge is -2.49. The van der Waals surface area contributed by atoms with Gasteiger partial charge in [-0.25, -0.2) is 13.6 Å². The first kappa shape index (κ1) is 15.2. The van der Waals surface area contributed by atoms with Crippen LogP contribution in [0.25, 0.3) is 0 Å². The number of nitrogens with zero attached hydrogens (tertiary/aromatic N) is 2. The van der Waals surface area contributed by atoms with E-state index in [1.54, 1.807) is 4.90 Å². The van der Waals surface area contributed by atoms with Gasteiger partial charge in [-0.1, -0.05) is 30.3 Å². The summed E-state index contributed by atoms with van der Waals surface area (Å²) < 4.78 is 28.4. The summed E-state index contributed by atoms with van der Waals surface area (Å²) in [5.41, 5.74) is 0.998. The van der Waals surface area contributed by atoms with Gasteiger partial charge in [0, 0.05) is 32.7 Å². The average molecular weight is 309 g/mol. The Bertz CT molecular complexity index is 519. The van der Waals surface area contributed by atoms with Gasteiger partial charge in [0.05, 0.1) is 11.8 Å². The Labute approximate surface area is 129 Å². The number of hydrogen-bond acceptors (Lipinski definition) is 2. The Morgan fingerprint density at radius 3 is 2.36 bits per heavy atom. The van der Waals surface area contributed by atoms with Gasteiger partial charge in [0.15, 0.2) is 0 Å². The summed E-state index contributed by atoms with van der Waals surface area (Å²) in [7, 11) is 1.86. The third-order valence-corrected chi connectivity index (χ3v) is 4.61. The number of hydrogen-bond donors (Lipinski definition) is 1. The number of likely N-dealkylation sites (tertiary alicyclic amines) is 2. The second-order valence-corrected chi connectivity index (χ2v) is 6.34. The van der Waals surface area contributed by atoms with E-state index in [4.69, 9.17) is 0 Å². The van der Waals surface area contributed by atoms with Gasteiger partial charge in [0.25, 0.3) is 5.92 Å². The third kappa shape index (κ3) is 2.92. The summed E-state index contributed by atoms with van der Waals surface area (Å²) in [6.45, 7) is 1.34. The lowest BCUT2D eigenvalue weighted by atomic mass is 9.81. The summed E-state index contributed by atoms with van der Waals surface area (Å²) in [4.78, 5) is 15.7. The second kappa shape index (κ2) is 5.83. The first-order chi connectivity index (χ1) is 10.5. The van der Waals surface area contributed by atoms with Crippen molar-refractivity contribution >= 4 is 6.03 Å². The number of carbonyl (C=O) groups is 1. The van der Waals surface area contributed by atoms with E-state index in [1.807, 2.05) is 42.3 Å². The highest BCUT2D eigenvalue weighted by molar-refractivity contribution is 5.74. The molecule has 0 radical (unpaired) electrons. The maximum atomic E-state index is 14.2. The number of amides is 2. The van der Waals surface area contributed by atoms with E-state index >= 15 is 0 Å². The maximum Gasteiger partial charge on any atom is 0.317 e. The van der Waals surface area contributed by atoms with E-state index in [0.717, 1.165) is 5.56 Å². The number of halogens is 2. The summed E-state index contributed by atoms with van der Waals surface area (Å²) in [5.74, 6) is -4.21. The quantitative estimate of drug-likeness (QED) is 0.907. The SMILES string of the molecule is CN1CC2CN(C(=O)NCc3ccccc3)CC(C1)C2(F)F. The topological polar surface area (TPSA) is 35.6 Å². The highest BCUT2D eigenvalue weighted by Gasteiger charge is 2.55. The van der Waals surface area contributed by atoms with Gasteiger partial charge >= 0.3 is 6.03 Å².